The van der Waals surface area contributed by atoms with Crippen LogP contribution in [0.4, 0.5) is 27.8 Å². The highest BCUT2D eigenvalue weighted by molar-refractivity contribution is 5.54. The Morgan fingerprint density at radius 1 is 1.19 bits per heavy atom. The molecule has 0 atom stereocenters. The minimum absolute atomic E-state index is 0.135. The predicted molar refractivity (Wildman–Crippen MR) is 63.9 cm³/mol. The van der Waals surface area contributed by atoms with Gasteiger partial charge in [-0.3, -0.25) is 0 Å². The number of alkyl halides is 5. The Hall–Kier alpha value is -1.87. The first-order valence-electron chi connectivity index (χ1n) is 5.93. The van der Waals surface area contributed by atoms with Crippen molar-refractivity contribution < 1.29 is 31.4 Å². The molecule has 0 aliphatic carbocycles. The molecule has 0 saturated heterocycles. The zero-order chi connectivity index (χ0) is 16.1. The highest BCUT2D eigenvalue weighted by Crippen LogP contribution is 2.37. The number of nitrogens with one attached hydrogen (secondary N) is 1. The minimum atomic E-state index is -5.70. The molecule has 0 radical (unpaired) electrons. The van der Waals surface area contributed by atoms with E-state index in [1.807, 2.05) is 6.92 Å². The second-order valence-electron chi connectivity index (χ2n) is 3.98. The zero-order valence-electron chi connectivity index (χ0n) is 11.3. The third kappa shape index (κ3) is 4.30. The van der Waals surface area contributed by atoms with Crippen molar-refractivity contribution in [2.75, 3.05) is 25.6 Å². The van der Waals surface area contributed by atoms with Gasteiger partial charge in [-0.25, -0.2) is 4.98 Å². The molecule has 1 N–H and O–H groups in total. The number of anilines is 1. The Morgan fingerprint density at radius 3 is 2.38 bits per heavy atom. The Labute approximate surface area is 117 Å². The molecule has 0 aliphatic heterocycles. The lowest BCUT2D eigenvalue weighted by atomic mass is 10.3. The maximum Gasteiger partial charge on any atom is 0.456 e. The maximum absolute atomic E-state index is 12.8. The van der Waals surface area contributed by atoms with E-state index >= 15 is 0 Å². The smallest absolute Gasteiger partial charge is 0.456 e. The first kappa shape index (κ1) is 17.2. The number of hydrogen-bond donors (Lipinski definition) is 1. The Bertz CT molecular complexity index is 468. The molecule has 0 aromatic carbocycles. The van der Waals surface area contributed by atoms with Gasteiger partial charge < -0.3 is 14.8 Å². The van der Waals surface area contributed by atoms with Crippen LogP contribution in [-0.4, -0.2) is 42.3 Å². The van der Waals surface area contributed by atoms with Crippen molar-refractivity contribution in [2.24, 2.45) is 0 Å². The standard InChI is InChI=1S/C11H14F5N3O2/c1-3-4-17-8-7(20-2)9(19-6-18-8)21-5-10(12,13)11(14,15)16/h6H,3-5H2,1-2H3,(H,17,18,19). The molecule has 0 fully saturated rings. The summed E-state index contributed by atoms with van der Waals surface area (Å²) < 4.78 is 71.1. The quantitative estimate of drug-likeness (QED) is 0.784. The van der Waals surface area contributed by atoms with E-state index in [2.05, 4.69) is 20.0 Å². The summed E-state index contributed by atoms with van der Waals surface area (Å²) in [5, 5.41) is 2.82. The fraction of sp³-hybridized carbons (Fsp3) is 0.636. The fourth-order valence-electron chi connectivity index (χ4n) is 1.25. The van der Waals surface area contributed by atoms with E-state index in [0.717, 1.165) is 12.7 Å². The van der Waals surface area contributed by atoms with E-state index in [0.29, 0.717) is 6.54 Å². The van der Waals surface area contributed by atoms with Gasteiger partial charge in [0.05, 0.1) is 7.11 Å². The van der Waals surface area contributed by atoms with Gasteiger partial charge in [0.1, 0.15) is 6.33 Å². The summed E-state index contributed by atoms with van der Waals surface area (Å²) in [4.78, 5) is 7.31. The summed E-state index contributed by atoms with van der Waals surface area (Å²) in [7, 11) is 1.20. The summed E-state index contributed by atoms with van der Waals surface area (Å²) in [5.41, 5.74) is 0. The van der Waals surface area contributed by atoms with Crippen LogP contribution in [-0.2, 0) is 0 Å². The molecule has 0 amide bonds. The molecule has 10 heteroatoms. The molecule has 0 bridgehead atoms. The van der Waals surface area contributed by atoms with Crippen LogP contribution in [0.3, 0.4) is 0 Å². The largest absolute Gasteiger partial charge is 0.489 e. The Balaban J connectivity index is 2.89. The van der Waals surface area contributed by atoms with E-state index in [-0.39, 0.29) is 11.6 Å². The molecule has 21 heavy (non-hydrogen) atoms. The summed E-state index contributed by atoms with van der Waals surface area (Å²) in [6, 6.07) is 0. The summed E-state index contributed by atoms with van der Waals surface area (Å²) >= 11 is 0. The van der Waals surface area contributed by atoms with Gasteiger partial charge in [-0.05, 0) is 6.42 Å². The van der Waals surface area contributed by atoms with Crippen LogP contribution in [0.15, 0.2) is 6.33 Å². The van der Waals surface area contributed by atoms with Crippen molar-refractivity contribution in [1.29, 1.82) is 0 Å². The third-order valence-electron chi connectivity index (χ3n) is 2.32. The third-order valence-corrected chi connectivity index (χ3v) is 2.32. The fourth-order valence-corrected chi connectivity index (χ4v) is 1.25. The van der Waals surface area contributed by atoms with Crippen molar-refractivity contribution >= 4 is 5.82 Å². The number of hydrogen-bond acceptors (Lipinski definition) is 5. The van der Waals surface area contributed by atoms with Crippen LogP contribution in [0.2, 0.25) is 0 Å². The van der Waals surface area contributed by atoms with Crippen molar-refractivity contribution in [3.63, 3.8) is 0 Å². The number of nitrogens with zero attached hydrogens (tertiary/aromatic N) is 2. The number of aromatic nitrogens is 2. The zero-order valence-corrected chi connectivity index (χ0v) is 11.3. The monoisotopic (exact) mass is 315 g/mol. The molecular formula is C11H14F5N3O2. The van der Waals surface area contributed by atoms with Crippen molar-refractivity contribution in [1.82, 2.24) is 9.97 Å². The molecule has 1 heterocycles. The van der Waals surface area contributed by atoms with Crippen LogP contribution in [0.5, 0.6) is 11.6 Å². The molecule has 1 rings (SSSR count). The lowest BCUT2D eigenvalue weighted by Gasteiger charge is -2.20. The van der Waals surface area contributed by atoms with Crippen LogP contribution >= 0.6 is 0 Å². The molecule has 0 aliphatic rings. The lowest BCUT2D eigenvalue weighted by molar-refractivity contribution is -0.290. The molecule has 120 valence electrons. The Morgan fingerprint density at radius 2 is 1.86 bits per heavy atom. The summed E-state index contributed by atoms with van der Waals surface area (Å²) in [6.07, 6.45) is -3.98. The number of ether oxygens (including phenoxy) is 2. The molecule has 0 saturated carbocycles. The van der Waals surface area contributed by atoms with Crippen LogP contribution < -0.4 is 14.8 Å². The van der Waals surface area contributed by atoms with E-state index < -0.39 is 24.6 Å². The number of rotatable bonds is 7. The van der Waals surface area contributed by atoms with Crippen LogP contribution in [0, 0.1) is 0 Å². The molecule has 1 aromatic heterocycles. The summed E-state index contributed by atoms with van der Waals surface area (Å²) in [6.45, 7) is 0.491. The van der Waals surface area contributed by atoms with E-state index in [9.17, 15) is 22.0 Å². The average molecular weight is 315 g/mol. The maximum atomic E-state index is 12.8. The second kappa shape index (κ2) is 6.72. The van der Waals surface area contributed by atoms with Crippen LogP contribution in [0.1, 0.15) is 13.3 Å². The second-order valence-corrected chi connectivity index (χ2v) is 3.98. The highest BCUT2D eigenvalue weighted by atomic mass is 19.4. The highest BCUT2D eigenvalue weighted by Gasteiger charge is 2.58. The minimum Gasteiger partial charge on any atom is -0.489 e. The molecule has 0 unspecified atom stereocenters. The number of halogens is 5. The van der Waals surface area contributed by atoms with Gasteiger partial charge in [0.2, 0.25) is 5.75 Å². The Kier molecular flexibility index (Phi) is 5.50. The molecule has 0 spiro atoms. The van der Waals surface area contributed by atoms with Gasteiger partial charge >= 0.3 is 12.1 Å². The number of methoxy groups -OCH3 is 1. The van der Waals surface area contributed by atoms with Crippen molar-refractivity contribution in [3.05, 3.63) is 6.33 Å². The van der Waals surface area contributed by atoms with E-state index in [1.165, 1.54) is 7.11 Å². The first-order chi connectivity index (χ1) is 9.73. The molecule has 5 nitrogen and oxygen atoms in total. The average Bonchev–Trinajstić information content (AvgIpc) is 2.41. The van der Waals surface area contributed by atoms with Crippen LogP contribution in [0.25, 0.3) is 0 Å². The molecule has 1 aromatic rings. The van der Waals surface area contributed by atoms with E-state index in [1.54, 1.807) is 0 Å². The van der Waals surface area contributed by atoms with Gasteiger partial charge in [-0.15, -0.1) is 0 Å². The normalized spacial score (nSPS) is 12.1. The molecular weight excluding hydrogens is 301 g/mol. The van der Waals surface area contributed by atoms with Gasteiger partial charge in [-0.2, -0.15) is 26.9 Å². The van der Waals surface area contributed by atoms with E-state index in [4.69, 9.17) is 4.74 Å². The predicted octanol–water partition coefficient (Wildman–Crippen LogP) is 2.88. The van der Waals surface area contributed by atoms with Gasteiger partial charge in [0, 0.05) is 6.54 Å². The van der Waals surface area contributed by atoms with Gasteiger partial charge in [0.25, 0.3) is 5.88 Å². The first-order valence-corrected chi connectivity index (χ1v) is 5.93. The topological polar surface area (TPSA) is 56.3 Å². The van der Waals surface area contributed by atoms with Crippen molar-refractivity contribution in [2.45, 2.75) is 25.4 Å². The lowest BCUT2D eigenvalue weighted by Crippen LogP contribution is -2.41. The van der Waals surface area contributed by atoms with Gasteiger partial charge in [-0.1, -0.05) is 6.92 Å². The van der Waals surface area contributed by atoms with Crippen molar-refractivity contribution in [3.8, 4) is 11.6 Å². The SMILES string of the molecule is CCCNc1ncnc(OCC(F)(F)C(F)(F)F)c1OC. The summed E-state index contributed by atoms with van der Waals surface area (Å²) in [5.74, 6) is -5.46. The van der Waals surface area contributed by atoms with Gasteiger partial charge in [0.15, 0.2) is 12.4 Å².